The first-order valence-electron chi connectivity index (χ1n) is 5.75. The molecule has 0 unspecified atom stereocenters. The van der Waals surface area contributed by atoms with Gasteiger partial charge in [-0.2, -0.15) is 0 Å². The van der Waals surface area contributed by atoms with Gasteiger partial charge < -0.3 is 15.0 Å². The molecular weight excluding hydrogens is 273 g/mol. The van der Waals surface area contributed by atoms with Crippen LogP contribution in [-0.4, -0.2) is 28.1 Å². The Morgan fingerprint density at radius 3 is 3.00 bits per heavy atom. The van der Waals surface area contributed by atoms with Crippen molar-refractivity contribution >= 4 is 28.7 Å². The van der Waals surface area contributed by atoms with Gasteiger partial charge in [-0.1, -0.05) is 6.07 Å². The van der Waals surface area contributed by atoms with E-state index in [1.807, 2.05) is 0 Å². The molecule has 1 heterocycles. The number of carbonyl (C=O) groups is 1. The summed E-state index contributed by atoms with van der Waals surface area (Å²) in [6.07, 6.45) is -0.351. The number of primary amides is 1. The van der Waals surface area contributed by atoms with E-state index in [-0.39, 0.29) is 19.0 Å². The molecule has 0 atom stereocenters. The fourth-order valence-electron chi connectivity index (χ4n) is 1.94. The zero-order valence-corrected chi connectivity index (χ0v) is 10.9. The van der Waals surface area contributed by atoms with Gasteiger partial charge in [-0.25, -0.2) is 14.2 Å². The van der Waals surface area contributed by atoms with Gasteiger partial charge in [0.2, 0.25) is 0 Å². The molecule has 0 saturated heterocycles. The van der Waals surface area contributed by atoms with Crippen molar-refractivity contribution < 1.29 is 13.9 Å². The Morgan fingerprint density at radius 2 is 2.32 bits per heavy atom. The van der Waals surface area contributed by atoms with Crippen molar-refractivity contribution in [2.24, 2.45) is 5.73 Å². The average Bonchev–Trinajstić information content (AvgIpc) is 2.69. The van der Waals surface area contributed by atoms with Crippen LogP contribution in [0.5, 0.6) is 0 Å². The standard InChI is InChI=1S/C12H13ClFN3O2/c13-5-4-10-16-9-3-1-2-8(14)11(9)17(10)6-7-19-12(15)18/h1-3H,4-7H2,(H2,15,18). The van der Waals surface area contributed by atoms with Gasteiger partial charge in [0.05, 0.1) is 12.1 Å². The van der Waals surface area contributed by atoms with E-state index in [0.29, 0.717) is 29.2 Å². The minimum absolute atomic E-state index is 0.0599. The Kier molecular flexibility index (Phi) is 4.21. The van der Waals surface area contributed by atoms with Crippen LogP contribution in [0.1, 0.15) is 5.82 Å². The first kappa shape index (κ1) is 13.6. The van der Waals surface area contributed by atoms with Crippen LogP contribution in [0.25, 0.3) is 11.0 Å². The molecule has 0 aliphatic heterocycles. The smallest absolute Gasteiger partial charge is 0.404 e. The van der Waals surface area contributed by atoms with Crippen molar-refractivity contribution in [3.8, 4) is 0 Å². The van der Waals surface area contributed by atoms with Crippen molar-refractivity contribution in [1.29, 1.82) is 0 Å². The number of halogens is 2. The molecule has 2 N–H and O–H groups in total. The number of nitrogens with zero attached hydrogens (tertiary/aromatic N) is 2. The van der Waals surface area contributed by atoms with Gasteiger partial charge >= 0.3 is 6.09 Å². The summed E-state index contributed by atoms with van der Waals surface area (Å²) in [5.74, 6) is 0.662. The third kappa shape index (κ3) is 2.96. The van der Waals surface area contributed by atoms with E-state index >= 15 is 0 Å². The average molecular weight is 286 g/mol. The SMILES string of the molecule is NC(=O)OCCn1c(CCCl)nc2cccc(F)c21. The molecule has 0 radical (unpaired) electrons. The van der Waals surface area contributed by atoms with E-state index in [4.69, 9.17) is 17.3 Å². The van der Waals surface area contributed by atoms with Crippen molar-refractivity contribution in [1.82, 2.24) is 9.55 Å². The zero-order chi connectivity index (χ0) is 13.8. The summed E-state index contributed by atoms with van der Waals surface area (Å²) in [5, 5.41) is 0. The summed E-state index contributed by atoms with van der Waals surface area (Å²) in [6.45, 7) is 0.344. The number of imidazole rings is 1. The molecule has 7 heteroatoms. The number of benzene rings is 1. The second-order valence-electron chi connectivity index (χ2n) is 3.89. The number of hydrogen-bond acceptors (Lipinski definition) is 3. The maximum Gasteiger partial charge on any atom is 0.404 e. The second kappa shape index (κ2) is 5.88. The normalized spacial score (nSPS) is 10.8. The van der Waals surface area contributed by atoms with Gasteiger partial charge in [0.25, 0.3) is 0 Å². The van der Waals surface area contributed by atoms with Crippen LogP contribution in [-0.2, 0) is 17.7 Å². The Morgan fingerprint density at radius 1 is 1.53 bits per heavy atom. The molecule has 1 aromatic heterocycles. The number of fused-ring (bicyclic) bond motifs is 1. The van der Waals surface area contributed by atoms with Crippen molar-refractivity contribution in [3.05, 3.63) is 29.8 Å². The molecule has 0 spiro atoms. The Balaban J connectivity index is 2.36. The molecule has 1 amide bonds. The fourth-order valence-corrected chi connectivity index (χ4v) is 2.11. The number of rotatable bonds is 5. The van der Waals surface area contributed by atoms with Crippen LogP contribution in [0.15, 0.2) is 18.2 Å². The maximum atomic E-state index is 13.9. The van der Waals surface area contributed by atoms with Gasteiger partial charge in [-0.05, 0) is 12.1 Å². The monoisotopic (exact) mass is 285 g/mol. The van der Waals surface area contributed by atoms with Crippen LogP contribution in [0.3, 0.4) is 0 Å². The van der Waals surface area contributed by atoms with Gasteiger partial charge in [0.1, 0.15) is 23.8 Å². The molecule has 2 aromatic rings. The van der Waals surface area contributed by atoms with Crippen molar-refractivity contribution in [2.75, 3.05) is 12.5 Å². The highest BCUT2D eigenvalue weighted by Crippen LogP contribution is 2.20. The molecule has 102 valence electrons. The second-order valence-corrected chi connectivity index (χ2v) is 4.27. The number of nitrogens with two attached hydrogens (primary N) is 1. The first-order valence-corrected chi connectivity index (χ1v) is 6.28. The summed E-state index contributed by atoms with van der Waals surface area (Å²) in [7, 11) is 0. The summed E-state index contributed by atoms with van der Waals surface area (Å²) in [6, 6.07) is 4.68. The molecular formula is C12H13ClFN3O2. The lowest BCUT2D eigenvalue weighted by Gasteiger charge is -2.08. The van der Waals surface area contributed by atoms with Gasteiger partial charge in [0, 0.05) is 12.3 Å². The number of para-hydroxylation sites is 1. The highest BCUT2D eigenvalue weighted by Gasteiger charge is 2.13. The number of alkyl halides is 1. The van der Waals surface area contributed by atoms with Crippen molar-refractivity contribution in [2.45, 2.75) is 13.0 Å². The lowest BCUT2D eigenvalue weighted by Crippen LogP contribution is -2.18. The molecule has 5 nitrogen and oxygen atoms in total. The van der Waals surface area contributed by atoms with Gasteiger partial charge in [-0.15, -0.1) is 11.6 Å². The predicted molar refractivity (Wildman–Crippen MR) is 69.7 cm³/mol. The number of amides is 1. The minimum Gasteiger partial charge on any atom is -0.448 e. The van der Waals surface area contributed by atoms with Crippen LogP contribution < -0.4 is 5.73 Å². The van der Waals surface area contributed by atoms with E-state index < -0.39 is 6.09 Å². The molecule has 0 aliphatic carbocycles. The van der Waals surface area contributed by atoms with E-state index in [1.165, 1.54) is 6.07 Å². The highest BCUT2D eigenvalue weighted by molar-refractivity contribution is 6.17. The Labute approximate surface area is 114 Å². The summed E-state index contributed by atoms with van der Waals surface area (Å²) in [5.41, 5.74) is 5.83. The molecule has 0 bridgehead atoms. The number of aromatic nitrogens is 2. The highest BCUT2D eigenvalue weighted by atomic mass is 35.5. The number of carbonyl (C=O) groups excluding carboxylic acids is 1. The third-order valence-corrected chi connectivity index (χ3v) is 2.86. The van der Waals surface area contributed by atoms with Gasteiger partial charge in [0.15, 0.2) is 0 Å². The zero-order valence-electron chi connectivity index (χ0n) is 10.1. The van der Waals surface area contributed by atoms with E-state index in [9.17, 15) is 9.18 Å². The topological polar surface area (TPSA) is 70.1 Å². The van der Waals surface area contributed by atoms with Crippen LogP contribution >= 0.6 is 11.6 Å². The van der Waals surface area contributed by atoms with Gasteiger partial charge in [-0.3, -0.25) is 0 Å². The van der Waals surface area contributed by atoms with Crippen LogP contribution in [0, 0.1) is 5.82 Å². The summed E-state index contributed by atoms with van der Waals surface area (Å²) < 4.78 is 20.2. The maximum absolute atomic E-state index is 13.9. The predicted octanol–water partition coefficient (Wildman–Crippen LogP) is 2.05. The molecule has 19 heavy (non-hydrogen) atoms. The summed E-state index contributed by atoms with van der Waals surface area (Å²) in [4.78, 5) is 14.9. The first-order chi connectivity index (χ1) is 9.13. The van der Waals surface area contributed by atoms with E-state index in [0.717, 1.165) is 0 Å². The molecule has 2 rings (SSSR count). The molecule has 1 aromatic carbocycles. The van der Waals surface area contributed by atoms with Crippen molar-refractivity contribution in [3.63, 3.8) is 0 Å². The molecule has 0 saturated carbocycles. The Bertz CT molecular complexity index is 600. The molecule has 0 aliphatic rings. The number of hydrogen-bond donors (Lipinski definition) is 1. The number of ether oxygens (including phenoxy) is 1. The third-order valence-electron chi connectivity index (χ3n) is 2.67. The lowest BCUT2D eigenvalue weighted by molar-refractivity contribution is 0.152. The quantitative estimate of drug-likeness (QED) is 0.855. The largest absolute Gasteiger partial charge is 0.448 e. The van der Waals surface area contributed by atoms with Crippen LogP contribution in [0.4, 0.5) is 9.18 Å². The fraction of sp³-hybridized carbons (Fsp3) is 0.333. The van der Waals surface area contributed by atoms with E-state index in [1.54, 1.807) is 16.7 Å². The van der Waals surface area contributed by atoms with E-state index in [2.05, 4.69) is 9.72 Å². The lowest BCUT2D eigenvalue weighted by atomic mass is 10.3. The number of aryl methyl sites for hydroxylation is 1. The Hall–Kier alpha value is -1.82. The minimum atomic E-state index is -0.858. The summed E-state index contributed by atoms with van der Waals surface area (Å²) >= 11 is 5.71. The molecule has 0 fully saturated rings. The van der Waals surface area contributed by atoms with Crippen LogP contribution in [0.2, 0.25) is 0 Å².